The summed E-state index contributed by atoms with van der Waals surface area (Å²) in [5.41, 5.74) is 3.75. The van der Waals surface area contributed by atoms with Gasteiger partial charge in [-0.1, -0.05) is 29.8 Å². The Morgan fingerprint density at radius 1 is 1.16 bits per heavy atom. The summed E-state index contributed by atoms with van der Waals surface area (Å²) in [6.07, 6.45) is -0.608. The molecule has 0 bridgehead atoms. The number of anilines is 1. The van der Waals surface area contributed by atoms with Crippen LogP contribution in [0.1, 0.15) is 22.8 Å². The molecule has 0 aliphatic rings. The van der Waals surface area contributed by atoms with E-state index in [0.29, 0.717) is 12.2 Å². The van der Waals surface area contributed by atoms with E-state index >= 15 is 0 Å². The Morgan fingerprint density at radius 2 is 1.95 bits per heavy atom. The number of aryl methyl sites for hydroxylation is 2. The summed E-state index contributed by atoms with van der Waals surface area (Å²) in [7, 11) is 0. The summed E-state index contributed by atoms with van der Waals surface area (Å²) in [6.45, 7) is 4.32. The second-order valence-electron chi connectivity index (χ2n) is 4.77. The van der Waals surface area contributed by atoms with Crippen molar-refractivity contribution in [3.05, 3.63) is 65.0 Å². The first kappa shape index (κ1) is 13.6. The highest BCUT2D eigenvalue weighted by Gasteiger charge is 2.10. The molecule has 0 aliphatic heterocycles. The van der Waals surface area contributed by atoms with Gasteiger partial charge in [-0.05, 0) is 43.2 Å². The highest BCUT2D eigenvalue weighted by Crippen LogP contribution is 2.20. The zero-order chi connectivity index (χ0) is 13.8. The Balaban J connectivity index is 2.05. The number of halogens is 1. The monoisotopic (exact) mass is 259 g/mol. The van der Waals surface area contributed by atoms with E-state index in [-0.39, 0.29) is 5.82 Å². The topological polar surface area (TPSA) is 32.3 Å². The van der Waals surface area contributed by atoms with Gasteiger partial charge in [-0.3, -0.25) is 0 Å². The number of aliphatic hydroxyl groups is 1. The van der Waals surface area contributed by atoms with Crippen molar-refractivity contribution in [2.75, 3.05) is 11.9 Å². The van der Waals surface area contributed by atoms with E-state index in [9.17, 15) is 9.50 Å². The molecule has 0 saturated carbocycles. The lowest BCUT2D eigenvalue weighted by Crippen LogP contribution is -2.13. The van der Waals surface area contributed by atoms with Crippen molar-refractivity contribution in [2.45, 2.75) is 20.0 Å². The van der Waals surface area contributed by atoms with Crippen molar-refractivity contribution in [3.63, 3.8) is 0 Å². The largest absolute Gasteiger partial charge is 0.387 e. The molecule has 1 atom stereocenters. The van der Waals surface area contributed by atoms with Crippen LogP contribution in [0.5, 0.6) is 0 Å². The molecular weight excluding hydrogens is 241 g/mol. The summed E-state index contributed by atoms with van der Waals surface area (Å²) in [4.78, 5) is 0. The van der Waals surface area contributed by atoms with E-state index in [1.165, 1.54) is 12.1 Å². The molecular formula is C16H18FNO. The van der Waals surface area contributed by atoms with Gasteiger partial charge < -0.3 is 10.4 Å². The highest BCUT2D eigenvalue weighted by atomic mass is 19.1. The van der Waals surface area contributed by atoms with Gasteiger partial charge in [0.15, 0.2) is 0 Å². The smallest absolute Gasteiger partial charge is 0.125 e. The van der Waals surface area contributed by atoms with Crippen molar-refractivity contribution in [3.8, 4) is 0 Å². The standard InChI is InChI=1S/C16H18FNO/c1-11-6-7-12(2)15(8-11)16(19)10-18-14-5-3-4-13(17)9-14/h3-9,16,18-19H,10H2,1-2H3. The Labute approximate surface area is 112 Å². The number of hydrogen-bond donors (Lipinski definition) is 2. The number of hydrogen-bond acceptors (Lipinski definition) is 2. The molecule has 0 aliphatic carbocycles. The molecule has 19 heavy (non-hydrogen) atoms. The molecule has 2 nitrogen and oxygen atoms in total. The Hall–Kier alpha value is -1.87. The molecule has 1 unspecified atom stereocenters. The normalized spacial score (nSPS) is 12.2. The van der Waals surface area contributed by atoms with Crippen LogP contribution in [0, 0.1) is 19.7 Å². The lowest BCUT2D eigenvalue weighted by molar-refractivity contribution is 0.191. The predicted molar refractivity (Wildman–Crippen MR) is 75.8 cm³/mol. The van der Waals surface area contributed by atoms with Crippen LogP contribution in [0.3, 0.4) is 0 Å². The summed E-state index contributed by atoms with van der Waals surface area (Å²) in [5.74, 6) is -0.286. The van der Waals surface area contributed by atoms with E-state index < -0.39 is 6.10 Å². The maximum Gasteiger partial charge on any atom is 0.125 e. The second-order valence-corrected chi connectivity index (χ2v) is 4.77. The third-order valence-corrected chi connectivity index (χ3v) is 3.12. The minimum atomic E-state index is -0.608. The molecule has 2 aromatic carbocycles. The lowest BCUT2D eigenvalue weighted by Gasteiger charge is -2.16. The van der Waals surface area contributed by atoms with Crippen LogP contribution in [0.15, 0.2) is 42.5 Å². The molecule has 0 amide bonds. The van der Waals surface area contributed by atoms with Crippen LogP contribution >= 0.6 is 0 Å². The molecule has 0 radical (unpaired) electrons. The number of nitrogens with one attached hydrogen (secondary N) is 1. The quantitative estimate of drug-likeness (QED) is 0.879. The first-order valence-electron chi connectivity index (χ1n) is 6.31. The zero-order valence-electron chi connectivity index (χ0n) is 11.2. The molecule has 0 spiro atoms. The lowest BCUT2D eigenvalue weighted by atomic mass is 10.0. The molecule has 0 saturated heterocycles. The minimum absolute atomic E-state index is 0.286. The molecule has 0 fully saturated rings. The number of rotatable bonds is 4. The molecule has 0 heterocycles. The SMILES string of the molecule is Cc1ccc(C)c(C(O)CNc2cccc(F)c2)c1. The van der Waals surface area contributed by atoms with Gasteiger partial charge in [-0.2, -0.15) is 0 Å². The van der Waals surface area contributed by atoms with Gasteiger partial charge in [0.25, 0.3) is 0 Å². The van der Waals surface area contributed by atoms with Crippen LogP contribution in [0.2, 0.25) is 0 Å². The maximum atomic E-state index is 13.0. The second kappa shape index (κ2) is 5.85. The average Bonchev–Trinajstić information content (AvgIpc) is 2.39. The summed E-state index contributed by atoms with van der Waals surface area (Å²) >= 11 is 0. The van der Waals surface area contributed by atoms with Crippen LogP contribution in [-0.2, 0) is 0 Å². The van der Waals surface area contributed by atoms with E-state index in [2.05, 4.69) is 5.32 Å². The summed E-state index contributed by atoms with van der Waals surface area (Å²) in [6, 6.07) is 12.2. The zero-order valence-corrected chi connectivity index (χ0v) is 11.2. The third kappa shape index (κ3) is 3.55. The van der Waals surface area contributed by atoms with Gasteiger partial charge in [0.1, 0.15) is 5.82 Å². The van der Waals surface area contributed by atoms with Crippen LogP contribution < -0.4 is 5.32 Å². The molecule has 100 valence electrons. The van der Waals surface area contributed by atoms with Crippen LogP contribution in [0.4, 0.5) is 10.1 Å². The van der Waals surface area contributed by atoms with E-state index in [1.807, 2.05) is 32.0 Å². The van der Waals surface area contributed by atoms with Gasteiger partial charge in [0.2, 0.25) is 0 Å². The van der Waals surface area contributed by atoms with E-state index in [4.69, 9.17) is 0 Å². The van der Waals surface area contributed by atoms with Gasteiger partial charge in [0.05, 0.1) is 6.10 Å². The fourth-order valence-corrected chi connectivity index (χ4v) is 2.04. The van der Waals surface area contributed by atoms with E-state index in [0.717, 1.165) is 16.7 Å². The predicted octanol–water partition coefficient (Wildman–Crippen LogP) is 3.59. The first-order chi connectivity index (χ1) is 9.06. The Morgan fingerprint density at radius 3 is 2.68 bits per heavy atom. The van der Waals surface area contributed by atoms with Crippen molar-refractivity contribution in [2.24, 2.45) is 0 Å². The first-order valence-corrected chi connectivity index (χ1v) is 6.31. The van der Waals surface area contributed by atoms with Crippen molar-refractivity contribution >= 4 is 5.69 Å². The fourth-order valence-electron chi connectivity index (χ4n) is 2.04. The van der Waals surface area contributed by atoms with Gasteiger partial charge in [0, 0.05) is 12.2 Å². The van der Waals surface area contributed by atoms with Crippen LogP contribution in [-0.4, -0.2) is 11.7 Å². The number of benzene rings is 2. The third-order valence-electron chi connectivity index (χ3n) is 3.12. The van der Waals surface area contributed by atoms with Crippen molar-refractivity contribution in [1.82, 2.24) is 0 Å². The Bertz CT molecular complexity index is 568. The van der Waals surface area contributed by atoms with Crippen LogP contribution in [0.25, 0.3) is 0 Å². The van der Waals surface area contributed by atoms with E-state index in [1.54, 1.807) is 12.1 Å². The summed E-state index contributed by atoms with van der Waals surface area (Å²) in [5, 5.41) is 13.2. The fraction of sp³-hybridized carbons (Fsp3) is 0.250. The average molecular weight is 259 g/mol. The molecule has 2 N–H and O–H groups in total. The maximum absolute atomic E-state index is 13.0. The minimum Gasteiger partial charge on any atom is -0.387 e. The van der Waals surface area contributed by atoms with Crippen molar-refractivity contribution in [1.29, 1.82) is 0 Å². The number of aliphatic hydroxyl groups excluding tert-OH is 1. The molecule has 0 aromatic heterocycles. The molecule has 2 aromatic rings. The summed E-state index contributed by atoms with van der Waals surface area (Å²) < 4.78 is 13.0. The molecule has 3 heteroatoms. The van der Waals surface area contributed by atoms with Gasteiger partial charge in [-0.25, -0.2) is 4.39 Å². The van der Waals surface area contributed by atoms with Gasteiger partial charge in [-0.15, -0.1) is 0 Å². The Kier molecular flexibility index (Phi) is 4.17. The van der Waals surface area contributed by atoms with Crippen molar-refractivity contribution < 1.29 is 9.50 Å². The molecule has 2 rings (SSSR count). The van der Waals surface area contributed by atoms with Gasteiger partial charge >= 0.3 is 0 Å². The highest BCUT2D eigenvalue weighted by molar-refractivity contribution is 5.43.